The number of anilines is 3. The van der Waals surface area contributed by atoms with Crippen molar-refractivity contribution < 1.29 is 9.15 Å². The Morgan fingerprint density at radius 2 is 0.918 bits per heavy atom. The molecule has 234 valence electrons. The van der Waals surface area contributed by atoms with Crippen LogP contribution in [0.2, 0.25) is 0 Å². The van der Waals surface area contributed by atoms with E-state index in [4.69, 9.17) is 37.2 Å². The summed E-state index contributed by atoms with van der Waals surface area (Å²) in [5.41, 5.74) is 32.7. The second-order valence-electron chi connectivity index (χ2n) is 14.2. The molecule has 6 aromatic rings. The molecule has 6 aliphatic rings. The highest BCUT2D eigenvalue weighted by Crippen LogP contribution is 2.53. The van der Waals surface area contributed by atoms with Crippen LogP contribution in [0.5, 0.6) is 0 Å². The first kappa shape index (κ1) is 25.7. The number of benzene rings is 4. The lowest BCUT2D eigenvalue weighted by atomic mass is 10.0. The second-order valence-corrected chi connectivity index (χ2v) is 14.2. The Bertz CT molecular complexity index is 2870. The molecule has 11 heteroatoms. The fraction of sp³-hybridized carbons (Fsp3) is 0.158. The van der Waals surface area contributed by atoms with Crippen LogP contribution in [0.1, 0.15) is 50.1 Å². The highest BCUT2D eigenvalue weighted by atomic mass is 15.7. The van der Waals surface area contributed by atoms with Gasteiger partial charge in [-0.1, -0.05) is 20.0 Å². The van der Waals surface area contributed by atoms with Gasteiger partial charge in [0, 0.05) is 27.2 Å². The highest BCUT2D eigenvalue weighted by molar-refractivity contribution is 6.20. The molecule has 1 unspecified atom stereocenters. The van der Waals surface area contributed by atoms with Crippen molar-refractivity contribution in [1.82, 2.24) is 9.13 Å². The summed E-state index contributed by atoms with van der Waals surface area (Å²) in [6.07, 6.45) is 0. The number of hydrogen-bond donors (Lipinski definition) is 3. The molecule has 0 saturated heterocycles. The molecule has 2 aromatic heterocycles. The number of nitrogens with two attached hydrogens (primary N) is 3. The molecule has 1 atom stereocenters. The molecular weight excluding hydrogens is 610 g/mol. The van der Waals surface area contributed by atoms with E-state index in [1.807, 2.05) is 25.1 Å². The molecule has 11 nitrogen and oxygen atoms in total. The number of rotatable bonds is 0. The number of nitrogens with zero attached hydrogens (tertiary/aromatic N) is 8. The van der Waals surface area contributed by atoms with Gasteiger partial charge in [0.05, 0.1) is 33.6 Å². The van der Waals surface area contributed by atoms with Crippen molar-refractivity contribution in [2.24, 2.45) is 20.0 Å². The van der Waals surface area contributed by atoms with Crippen molar-refractivity contribution in [2.45, 2.75) is 40.5 Å². The normalized spacial score (nSPS) is 19.4. The minimum absolute atomic E-state index is 0.502. The fourth-order valence-electron chi connectivity index (χ4n) is 8.85. The molecule has 12 rings (SSSR count). The summed E-state index contributed by atoms with van der Waals surface area (Å²) in [6.45, 7) is 10.6. The van der Waals surface area contributed by atoms with Gasteiger partial charge in [-0.25, -0.2) is 0 Å². The summed E-state index contributed by atoms with van der Waals surface area (Å²) in [5, 5.41) is 3.86. The van der Waals surface area contributed by atoms with Gasteiger partial charge < -0.3 is 17.2 Å². The maximum Gasteiger partial charge on any atom is 0.404 e. The van der Waals surface area contributed by atoms with Gasteiger partial charge in [0.1, 0.15) is 0 Å². The maximum absolute atomic E-state index is 6.63. The smallest absolute Gasteiger partial charge is 0.398 e. The fourth-order valence-corrected chi connectivity index (χ4v) is 8.85. The lowest BCUT2D eigenvalue weighted by Crippen LogP contribution is -2.71. The third-order valence-corrected chi connectivity index (χ3v) is 11.6. The number of aromatic nitrogens is 2. The molecule has 0 saturated carbocycles. The van der Waals surface area contributed by atoms with Crippen molar-refractivity contribution >= 4 is 73.6 Å². The molecule has 1 spiro atoms. The van der Waals surface area contributed by atoms with Crippen molar-refractivity contribution in [3.8, 4) is 0 Å². The van der Waals surface area contributed by atoms with Gasteiger partial charge in [0.15, 0.2) is 0 Å². The number of aliphatic imine (C=N–C) groups is 2. The van der Waals surface area contributed by atoms with Crippen molar-refractivity contribution in [3.63, 3.8) is 0 Å². The van der Waals surface area contributed by atoms with Gasteiger partial charge in [-0.2, -0.15) is 9.13 Å². The molecule has 8 heterocycles. The lowest BCUT2D eigenvalue weighted by molar-refractivity contribution is -0.790. The molecule has 4 aromatic carbocycles. The Morgan fingerprint density at radius 3 is 1.45 bits per heavy atom. The summed E-state index contributed by atoms with van der Waals surface area (Å²) in [6, 6.07) is 17.1. The predicted molar refractivity (Wildman–Crippen MR) is 190 cm³/mol. The molecule has 0 amide bonds. The first-order chi connectivity index (χ1) is 23.6. The van der Waals surface area contributed by atoms with E-state index in [0.29, 0.717) is 17.1 Å². The molecule has 0 bridgehead atoms. The Balaban J connectivity index is 1.41. The van der Waals surface area contributed by atoms with Crippen LogP contribution in [0, 0.1) is 34.6 Å². The third-order valence-electron chi connectivity index (χ3n) is 11.6. The first-order valence-corrected chi connectivity index (χ1v) is 16.5. The SMILES string of the molecule is Cc1cc2c(cc1C)C1=[N+]3C2=Nc2c4cc(C)c(C)cc4c4n2C32n3c(c5cc(N)c(N)cc5c3=NC3=[N+]2C(=N4)c2cc(N)c(C)cc23)=N1. The summed E-state index contributed by atoms with van der Waals surface area (Å²) in [5.74, 6) is 3.82. The zero-order valence-corrected chi connectivity index (χ0v) is 27.4. The third kappa shape index (κ3) is 2.50. The molecule has 0 fully saturated rings. The lowest BCUT2D eigenvalue weighted by Gasteiger charge is -2.40. The largest absolute Gasteiger partial charge is 0.404 e. The van der Waals surface area contributed by atoms with E-state index < -0.39 is 5.91 Å². The van der Waals surface area contributed by atoms with E-state index in [1.54, 1.807) is 0 Å². The highest BCUT2D eigenvalue weighted by Gasteiger charge is 2.69. The minimum Gasteiger partial charge on any atom is -0.398 e. The summed E-state index contributed by atoms with van der Waals surface area (Å²) in [4.78, 5) is 22.1. The molecule has 6 aliphatic heterocycles. The van der Waals surface area contributed by atoms with Gasteiger partial charge >= 0.3 is 5.91 Å². The van der Waals surface area contributed by atoms with Gasteiger partial charge in [-0.3, -0.25) is 0 Å². The van der Waals surface area contributed by atoms with Crippen LogP contribution in [0.4, 0.5) is 28.7 Å². The van der Waals surface area contributed by atoms with Crippen molar-refractivity contribution in [1.29, 1.82) is 0 Å². The standard InChI is InChI=1S/C38H27N11/c1-14-6-19-21(8-16(14)3)32-43-35-24-11-27(39)18(5)10-23(24)34-45-37-26-13-29(41)28(40)12-25(26)36-44-33-22-9-17(4)15(2)7-20(22)31-42-30(19)46(32)38(47(31)33,48(34)35)49(36)37/h6-13,41H,1-5H3,(H3,39,40,42)/p+2. The Morgan fingerprint density at radius 1 is 0.469 bits per heavy atom. The van der Waals surface area contributed by atoms with Gasteiger partial charge in [-0.05, 0) is 111 Å². The van der Waals surface area contributed by atoms with Crippen LogP contribution in [0.25, 0.3) is 21.5 Å². The molecule has 49 heavy (non-hydrogen) atoms. The van der Waals surface area contributed by atoms with Crippen LogP contribution < -0.4 is 28.2 Å². The van der Waals surface area contributed by atoms with E-state index >= 15 is 0 Å². The van der Waals surface area contributed by atoms with E-state index in [0.717, 1.165) is 95.3 Å². The van der Waals surface area contributed by atoms with E-state index in [1.165, 1.54) is 22.3 Å². The minimum atomic E-state index is -1.09. The Hall–Kier alpha value is -6.36. The monoisotopic (exact) mass is 639 g/mol. The van der Waals surface area contributed by atoms with Gasteiger partial charge in [0.25, 0.3) is 23.3 Å². The van der Waals surface area contributed by atoms with Gasteiger partial charge in [-0.15, -0.1) is 9.15 Å². The molecule has 6 N–H and O–H groups in total. The zero-order valence-electron chi connectivity index (χ0n) is 27.4. The number of hydrogen-bond acceptors (Lipinski definition) is 7. The second kappa shape index (κ2) is 7.52. The number of amidine groups is 4. The average molecular weight is 640 g/mol. The van der Waals surface area contributed by atoms with Crippen LogP contribution in [-0.2, 0) is 5.91 Å². The van der Waals surface area contributed by atoms with E-state index in [-0.39, 0.29) is 0 Å². The predicted octanol–water partition coefficient (Wildman–Crippen LogP) is 4.00. The Labute approximate surface area is 278 Å². The van der Waals surface area contributed by atoms with Crippen LogP contribution in [0.3, 0.4) is 0 Å². The average Bonchev–Trinajstić information content (AvgIpc) is 3.74. The van der Waals surface area contributed by atoms with Gasteiger partial charge in [0.2, 0.25) is 22.6 Å². The van der Waals surface area contributed by atoms with Crippen LogP contribution in [-0.4, -0.2) is 41.6 Å². The molecule has 0 radical (unpaired) electrons. The van der Waals surface area contributed by atoms with Crippen molar-refractivity contribution in [3.05, 3.63) is 110 Å². The summed E-state index contributed by atoms with van der Waals surface area (Å²) in [7, 11) is 0. The number of fused-ring (bicyclic) bond motifs is 12. The van der Waals surface area contributed by atoms with Crippen LogP contribution >= 0.6 is 0 Å². The Kier molecular flexibility index (Phi) is 3.94. The molecule has 0 aliphatic carbocycles. The van der Waals surface area contributed by atoms with E-state index in [9.17, 15) is 0 Å². The number of aryl methyl sites for hydroxylation is 5. The first-order valence-electron chi connectivity index (χ1n) is 16.5. The quantitative estimate of drug-likeness (QED) is 0.171. The van der Waals surface area contributed by atoms with Crippen LogP contribution in [0.15, 0.2) is 68.5 Å². The maximum atomic E-state index is 6.63. The number of nitrogen functional groups attached to an aromatic ring is 3. The topological polar surface area (TPSA) is 143 Å². The summed E-state index contributed by atoms with van der Waals surface area (Å²) >= 11 is 0. The zero-order chi connectivity index (χ0) is 33.2. The summed E-state index contributed by atoms with van der Waals surface area (Å²) < 4.78 is 9.15. The van der Waals surface area contributed by atoms with Crippen molar-refractivity contribution in [2.75, 3.05) is 17.2 Å². The van der Waals surface area contributed by atoms with E-state index in [2.05, 4.69) is 76.3 Å². The molecular formula is C38H29N11+2.